The molecular weight excluding hydrogens is 424 g/mol. The van der Waals surface area contributed by atoms with Crippen molar-refractivity contribution in [1.29, 1.82) is 0 Å². The van der Waals surface area contributed by atoms with E-state index in [1.807, 2.05) is 47.4 Å². The van der Waals surface area contributed by atoms with Gasteiger partial charge in [0.25, 0.3) is 0 Å². The van der Waals surface area contributed by atoms with Crippen LogP contribution >= 0.6 is 0 Å². The van der Waals surface area contributed by atoms with Crippen LogP contribution in [0, 0.1) is 12.3 Å². The second-order valence-electron chi connectivity index (χ2n) is 8.21. The molecule has 1 fully saturated rings. The fourth-order valence-electron chi connectivity index (χ4n) is 4.57. The van der Waals surface area contributed by atoms with Crippen molar-refractivity contribution in [3.8, 4) is 40.5 Å². The van der Waals surface area contributed by atoms with Crippen molar-refractivity contribution in [2.24, 2.45) is 0 Å². The maximum absolute atomic E-state index is 12.2. The molecule has 5 rings (SSSR count). The van der Waals surface area contributed by atoms with E-state index in [2.05, 4.69) is 27.5 Å². The minimum absolute atomic E-state index is 0.00900. The summed E-state index contributed by atoms with van der Waals surface area (Å²) in [7, 11) is 0. The summed E-state index contributed by atoms with van der Waals surface area (Å²) in [5.74, 6) is 3.29. The standard InChI is InChI=1S/C28H24N4O2/c1-3-19-8-5-9-20(16-19)26-27(31-23-11-6-13-30-28(23)26)22-12-14-29-17-24(22)34-18-21-10-7-15-32(21)25(33)4-2/h1,4-6,8-9,11-14,16-17,21,31H,2,7,10,15,18H2/t21-/m0/s1. The number of ether oxygens (including phenoxy) is 1. The van der Waals surface area contributed by atoms with Crippen LogP contribution in [0.5, 0.6) is 5.75 Å². The van der Waals surface area contributed by atoms with E-state index in [1.54, 1.807) is 18.6 Å². The molecule has 1 amide bonds. The van der Waals surface area contributed by atoms with Crippen LogP contribution in [0.2, 0.25) is 0 Å². The summed E-state index contributed by atoms with van der Waals surface area (Å²) in [6, 6.07) is 13.7. The van der Waals surface area contributed by atoms with Gasteiger partial charge in [-0.15, -0.1) is 6.42 Å². The highest BCUT2D eigenvalue weighted by Gasteiger charge is 2.28. The first-order chi connectivity index (χ1) is 16.7. The third kappa shape index (κ3) is 3.93. The van der Waals surface area contributed by atoms with Crippen molar-refractivity contribution in [3.63, 3.8) is 0 Å². The fraction of sp³-hybridized carbons (Fsp3) is 0.179. The number of likely N-dealkylation sites (tertiary alicyclic amines) is 1. The number of amides is 1. The van der Waals surface area contributed by atoms with E-state index in [0.29, 0.717) is 12.4 Å². The first kappa shape index (κ1) is 21.5. The van der Waals surface area contributed by atoms with Gasteiger partial charge in [-0.05, 0) is 54.8 Å². The van der Waals surface area contributed by atoms with E-state index in [9.17, 15) is 4.79 Å². The Balaban J connectivity index is 1.56. The van der Waals surface area contributed by atoms with Crippen LogP contribution in [0.1, 0.15) is 18.4 Å². The molecule has 1 atom stereocenters. The predicted octanol–water partition coefficient (Wildman–Crippen LogP) is 4.83. The monoisotopic (exact) mass is 448 g/mol. The molecule has 0 radical (unpaired) electrons. The van der Waals surface area contributed by atoms with E-state index < -0.39 is 0 Å². The number of carbonyl (C=O) groups excluding carboxylic acids is 1. The number of nitrogens with one attached hydrogen (secondary N) is 1. The van der Waals surface area contributed by atoms with Crippen LogP contribution in [-0.2, 0) is 4.79 Å². The highest BCUT2D eigenvalue weighted by atomic mass is 16.5. The summed E-state index contributed by atoms with van der Waals surface area (Å²) in [5, 5.41) is 0. The molecule has 4 heterocycles. The summed E-state index contributed by atoms with van der Waals surface area (Å²) in [4.78, 5) is 26.5. The molecule has 1 aliphatic rings. The Kier molecular flexibility index (Phi) is 5.84. The van der Waals surface area contributed by atoms with Gasteiger partial charge >= 0.3 is 0 Å². The zero-order valence-electron chi connectivity index (χ0n) is 18.7. The lowest BCUT2D eigenvalue weighted by Crippen LogP contribution is -2.38. The number of aromatic nitrogens is 3. The van der Waals surface area contributed by atoms with Gasteiger partial charge in [-0.1, -0.05) is 24.6 Å². The Morgan fingerprint density at radius 2 is 2.21 bits per heavy atom. The van der Waals surface area contributed by atoms with Gasteiger partial charge in [0.15, 0.2) is 0 Å². The van der Waals surface area contributed by atoms with E-state index in [4.69, 9.17) is 11.2 Å². The van der Waals surface area contributed by atoms with Crippen molar-refractivity contribution in [2.45, 2.75) is 18.9 Å². The lowest BCUT2D eigenvalue weighted by Gasteiger charge is -2.24. The highest BCUT2D eigenvalue weighted by Crippen LogP contribution is 2.40. The van der Waals surface area contributed by atoms with E-state index in [1.165, 1.54) is 6.08 Å². The number of benzene rings is 1. The molecule has 1 aliphatic heterocycles. The largest absolute Gasteiger partial charge is 0.489 e. The van der Waals surface area contributed by atoms with Gasteiger partial charge in [0.05, 0.1) is 29.0 Å². The van der Waals surface area contributed by atoms with E-state index >= 15 is 0 Å². The topological polar surface area (TPSA) is 71.1 Å². The summed E-state index contributed by atoms with van der Waals surface area (Å²) >= 11 is 0. The van der Waals surface area contributed by atoms with Crippen LogP contribution in [-0.4, -0.2) is 45.0 Å². The summed E-state index contributed by atoms with van der Waals surface area (Å²) in [6.07, 6.45) is 14.1. The Morgan fingerprint density at radius 3 is 3.06 bits per heavy atom. The van der Waals surface area contributed by atoms with Gasteiger partial charge in [-0.25, -0.2) is 0 Å². The van der Waals surface area contributed by atoms with Crippen LogP contribution < -0.4 is 4.74 Å². The number of aromatic amines is 1. The molecule has 0 saturated carbocycles. The van der Waals surface area contributed by atoms with Gasteiger partial charge in [-0.2, -0.15) is 0 Å². The van der Waals surface area contributed by atoms with Gasteiger partial charge in [-0.3, -0.25) is 14.8 Å². The summed E-state index contributed by atoms with van der Waals surface area (Å²) < 4.78 is 6.27. The third-order valence-corrected chi connectivity index (χ3v) is 6.19. The second kappa shape index (κ2) is 9.24. The molecule has 4 aromatic rings. The maximum Gasteiger partial charge on any atom is 0.246 e. The van der Waals surface area contributed by atoms with Gasteiger partial charge in [0.1, 0.15) is 12.4 Å². The molecule has 1 N–H and O–H groups in total. The van der Waals surface area contributed by atoms with Crippen LogP contribution in [0.25, 0.3) is 33.4 Å². The Hall–Kier alpha value is -4.37. The quantitative estimate of drug-likeness (QED) is 0.339. The normalized spacial score (nSPS) is 15.3. The minimum Gasteiger partial charge on any atom is -0.489 e. The molecule has 0 spiro atoms. The van der Waals surface area contributed by atoms with Crippen molar-refractivity contribution in [1.82, 2.24) is 19.9 Å². The number of hydrogen-bond donors (Lipinski definition) is 1. The highest BCUT2D eigenvalue weighted by molar-refractivity contribution is 6.02. The molecule has 6 nitrogen and oxygen atoms in total. The molecule has 0 unspecified atom stereocenters. The Bertz CT molecular complexity index is 1420. The average Bonchev–Trinajstić information content (AvgIpc) is 3.52. The molecule has 168 valence electrons. The third-order valence-electron chi connectivity index (χ3n) is 6.19. The lowest BCUT2D eigenvalue weighted by molar-refractivity contribution is -0.127. The van der Waals surface area contributed by atoms with Crippen molar-refractivity contribution < 1.29 is 9.53 Å². The molecule has 6 heteroatoms. The number of pyridine rings is 2. The van der Waals surface area contributed by atoms with Gasteiger partial charge in [0.2, 0.25) is 5.91 Å². The summed E-state index contributed by atoms with van der Waals surface area (Å²) in [6.45, 7) is 4.73. The van der Waals surface area contributed by atoms with Gasteiger partial charge < -0.3 is 14.6 Å². The first-order valence-electron chi connectivity index (χ1n) is 11.2. The number of fused-ring (bicyclic) bond motifs is 1. The smallest absolute Gasteiger partial charge is 0.246 e. The predicted molar refractivity (Wildman–Crippen MR) is 133 cm³/mol. The number of H-pyrrole nitrogens is 1. The maximum atomic E-state index is 12.2. The van der Waals surface area contributed by atoms with E-state index in [-0.39, 0.29) is 11.9 Å². The molecule has 1 saturated heterocycles. The lowest BCUT2D eigenvalue weighted by atomic mass is 9.99. The number of nitrogens with zero attached hydrogens (tertiary/aromatic N) is 3. The van der Waals surface area contributed by atoms with Crippen LogP contribution in [0.4, 0.5) is 0 Å². The van der Waals surface area contributed by atoms with E-state index in [0.717, 1.165) is 58.4 Å². The number of hydrogen-bond acceptors (Lipinski definition) is 4. The minimum atomic E-state index is -0.0603. The molecule has 3 aromatic heterocycles. The van der Waals surface area contributed by atoms with Crippen molar-refractivity contribution in [3.05, 3.63) is 79.3 Å². The average molecular weight is 449 g/mol. The van der Waals surface area contributed by atoms with Crippen LogP contribution in [0.15, 0.2) is 73.7 Å². The first-order valence-corrected chi connectivity index (χ1v) is 11.2. The Labute approximate surface area is 198 Å². The number of rotatable bonds is 6. The molecule has 0 bridgehead atoms. The molecule has 1 aromatic carbocycles. The molecule has 34 heavy (non-hydrogen) atoms. The number of carbonyl (C=O) groups is 1. The Morgan fingerprint density at radius 1 is 1.29 bits per heavy atom. The van der Waals surface area contributed by atoms with Crippen molar-refractivity contribution >= 4 is 16.9 Å². The fourth-order valence-corrected chi connectivity index (χ4v) is 4.57. The van der Waals surface area contributed by atoms with Crippen LogP contribution in [0.3, 0.4) is 0 Å². The van der Waals surface area contributed by atoms with Gasteiger partial charge in [0, 0.05) is 35.6 Å². The SMILES string of the molecule is C#Cc1cccc(-c2c(-c3ccncc3OC[C@@H]3CCCN3C(=O)C=C)[nH]c3cccnc23)c1. The number of terminal acetylenes is 1. The molecular formula is C28H24N4O2. The summed E-state index contributed by atoms with van der Waals surface area (Å²) in [5.41, 5.74) is 6.24. The second-order valence-corrected chi connectivity index (χ2v) is 8.21. The zero-order chi connectivity index (χ0) is 23.5. The zero-order valence-corrected chi connectivity index (χ0v) is 18.7. The molecule has 0 aliphatic carbocycles. The van der Waals surface area contributed by atoms with Crippen molar-refractivity contribution in [2.75, 3.05) is 13.2 Å².